The van der Waals surface area contributed by atoms with E-state index >= 15 is 0 Å². The van der Waals surface area contributed by atoms with Crippen molar-refractivity contribution in [2.75, 3.05) is 13.1 Å². The fourth-order valence-corrected chi connectivity index (χ4v) is 2.30. The maximum absolute atomic E-state index is 12.1. The fourth-order valence-electron chi connectivity index (χ4n) is 2.03. The Hall–Kier alpha value is -1.66. The number of nitrogens with zero attached hydrogens (tertiary/aromatic N) is 2. The van der Waals surface area contributed by atoms with Gasteiger partial charge in [0.15, 0.2) is 0 Å². The van der Waals surface area contributed by atoms with Crippen LogP contribution in [0.5, 0.6) is 0 Å². The molecular formula is C12H13ClN2O4. The first-order valence-electron chi connectivity index (χ1n) is 5.82. The van der Waals surface area contributed by atoms with E-state index in [4.69, 9.17) is 11.6 Å². The van der Waals surface area contributed by atoms with Crippen LogP contribution >= 0.6 is 11.6 Å². The minimum absolute atomic E-state index is 0.0917. The van der Waals surface area contributed by atoms with Gasteiger partial charge in [0.1, 0.15) is 5.02 Å². The van der Waals surface area contributed by atoms with Gasteiger partial charge < -0.3 is 10.0 Å². The molecule has 6 nitrogen and oxygen atoms in total. The Bertz CT molecular complexity index is 541. The van der Waals surface area contributed by atoms with Crippen molar-refractivity contribution in [1.29, 1.82) is 0 Å². The summed E-state index contributed by atoms with van der Waals surface area (Å²) in [6.07, 6.45) is 0.555. The van der Waals surface area contributed by atoms with Crippen LogP contribution in [0.2, 0.25) is 5.02 Å². The van der Waals surface area contributed by atoms with Crippen LogP contribution in [0, 0.1) is 10.1 Å². The van der Waals surface area contributed by atoms with Crippen molar-refractivity contribution in [3.8, 4) is 0 Å². The normalized spacial score (nSPS) is 16.9. The highest BCUT2D eigenvalue weighted by atomic mass is 35.5. The number of β-amino-alcohol motifs (C(OH)–C–C–N with tert-alkyl or cyclic N) is 1. The Morgan fingerprint density at radius 3 is 2.74 bits per heavy atom. The van der Waals surface area contributed by atoms with E-state index in [1.54, 1.807) is 0 Å². The third-order valence-corrected chi connectivity index (χ3v) is 3.72. The zero-order valence-corrected chi connectivity index (χ0v) is 11.1. The molecule has 0 atom stereocenters. The molecule has 1 heterocycles. The van der Waals surface area contributed by atoms with Gasteiger partial charge in [-0.15, -0.1) is 0 Å². The number of aliphatic hydroxyl groups is 1. The maximum Gasteiger partial charge on any atom is 0.288 e. The summed E-state index contributed by atoms with van der Waals surface area (Å²) in [4.78, 5) is 23.7. The molecule has 0 aromatic heterocycles. The molecule has 0 radical (unpaired) electrons. The summed E-state index contributed by atoms with van der Waals surface area (Å²) in [5.74, 6) is -0.396. The van der Waals surface area contributed by atoms with Gasteiger partial charge >= 0.3 is 0 Å². The lowest BCUT2D eigenvalue weighted by molar-refractivity contribution is -0.384. The predicted molar refractivity (Wildman–Crippen MR) is 69.3 cm³/mol. The number of amides is 1. The smallest absolute Gasteiger partial charge is 0.288 e. The zero-order valence-electron chi connectivity index (χ0n) is 10.3. The van der Waals surface area contributed by atoms with Crippen LogP contribution in [0.4, 0.5) is 5.69 Å². The number of likely N-dealkylation sites (tertiary alicyclic amines) is 1. The van der Waals surface area contributed by atoms with Crippen LogP contribution in [0.25, 0.3) is 0 Å². The van der Waals surface area contributed by atoms with Gasteiger partial charge in [-0.1, -0.05) is 24.6 Å². The monoisotopic (exact) mass is 284 g/mol. The first kappa shape index (κ1) is 13.8. The van der Waals surface area contributed by atoms with Crippen LogP contribution in [-0.4, -0.2) is 39.5 Å². The Morgan fingerprint density at radius 2 is 2.21 bits per heavy atom. The van der Waals surface area contributed by atoms with Gasteiger partial charge in [0.05, 0.1) is 29.2 Å². The van der Waals surface area contributed by atoms with E-state index in [9.17, 15) is 20.0 Å². The lowest BCUT2D eigenvalue weighted by Crippen LogP contribution is -2.63. The first-order chi connectivity index (χ1) is 8.88. The van der Waals surface area contributed by atoms with Gasteiger partial charge in [-0.3, -0.25) is 14.9 Å². The molecule has 0 aliphatic carbocycles. The fraction of sp³-hybridized carbons (Fsp3) is 0.417. The SMILES string of the molecule is CCC1(O)CN(C(=O)c2cccc([N+](=O)[O-])c2Cl)C1. The number of rotatable bonds is 3. The number of halogens is 1. The summed E-state index contributed by atoms with van der Waals surface area (Å²) < 4.78 is 0. The average Bonchev–Trinajstić information content (AvgIpc) is 2.34. The summed E-state index contributed by atoms with van der Waals surface area (Å²) >= 11 is 5.88. The minimum Gasteiger partial charge on any atom is -0.386 e. The van der Waals surface area contributed by atoms with Crippen molar-refractivity contribution in [3.63, 3.8) is 0 Å². The highest BCUT2D eigenvalue weighted by Crippen LogP contribution is 2.31. The van der Waals surface area contributed by atoms with Crippen LogP contribution in [0.1, 0.15) is 23.7 Å². The quantitative estimate of drug-likeness (QED) is 0.678. The van der Waals surface area contributed by atoms with E-state index in [-0.39, 0.29) is 29.4 Å². The molecule has 19 heavy (non-hydrogen) atoms. The lowest BCUT2D eigenvalue weighted by atomic mass is 9.90. The number of benzene rings is 1. The van der Waals surface area contributed by atoms with Crippen molar-refractivity contribution in [2.45, 2.75) is 18.9 Å². The third-order valence-electron chi connectivity index (χ3n) is 3.32. The van der Waals surface area contributed by atoms with Gasteiger partial charge in [-0.25, -0.2) is 0 Å². The minimum atomic E-state index is -0.844. The van der Waals surface area contributed by atoms with Crippen molar-refractivity contribution < 1.29 is 14.8 Å². The van der Waals surface area contributed by atoms with E-state index in [0.717, 1.165) is 0 Å². The lowest BCUT2D eigenvalue weighted by Gasteiger charge is -2.46. The Balaban J connectivity index is 2.22. The third kappa shape index (κ3) is 2.41. The van der Waals surface area contributed by atoms with Crippen LogP contribution < -0.4 is 0 Å². The molecule has 0 saturated carbocycles. The predicted octanol–water partition coefficient (Wildman–Crippen LogP) is 1.85. The molecule has 7 heteroatoms. The molecule has 1 aliphatic heterocycles. The molecule has 0 bridgehead atoms. The molecule has 102 valence electrons. The van der Waals surface area contributed by atoms with Gasteiger partial charge in [0.25, 0.3) is 11.6 Å². The number of hydrogen-bond donors (Lipinski definition) is 1. The van der Waals surface area contributed by atoms with E-state index in [1.807, 2.05) is 6.92 Å². The van der Waals surface area contributed by atoms with Crippen LogP contribution in [-0.2, 0) is 0 Å². The van der Waals surface area contributed by atoms with Crippen LogP contribution in [0.15, 0.2) is 18.2 Å². The second-order valence-electron chi connectivity index (χ2n) is 4.63. The topological polar surface area (TPSA) is 83.7 Å². The highest BCUT2D eigenvalue weighted by Gasteiger charge is 2.42. The largest absolute Gasteiger partial charge is 0.386 e. The Kier molecular flexibility index (Phi) is 3.47. The Labute approximate surface area is 114 Å². The second kappa shape index (κ2) is 4.79. The first-order valence-corrected chi connectivity index (χ1v) is 6.20. The van der Waals surface area contributed by atoms with E-state index in [1.165, 1.54) is 23.1 Å². The molecule has 0 unspecified atom stereocenters. The Morgan fingerprint density at radius 1 is 1.58 bits per heavy atom. The molecule has 1 fully saturated rings. The molecular weight excluding hydrogens is 272 g/mol. The van der Waals surface area contributed by atoms with Crippen molar-refractivity contribution in [3.05, 3.63) is 38.9 Å². The number of nitro groups is 1. The molecule has 1 aliphatic rings. The van der Waals surface area contributed by atoms with Crippen LogP contribution in [0.3, 0.4) is 0 Å². The van der Waals surface area contributed by atoms with Gasteiger partial charge in [0.2, 0.25) is 0 Å². The zero-order chi connectivity index (χ0) is 14.2. The number of nitro benzene ring substituents is 1. The van der Waals surface area contributed by atoms with E-state index < -0.39 is 16.4 Å². The molecule has 1 aromatic rings. The summed E-state index contributed by atoms with van der Waals surface area (Å²) in [7, 11) is 0. The average molecular weight is 285 g/mol. The molecule has 0 spiro atoms. The van der Waals surface area contributed by atoms with Gasteiger partial charge in [-0.05, 0) is 12.5 Å². The van der Waals surface area contributed by atoms with E-state index in [0.29, 0.717) is 6.42 Å². The van der Waals surface area contributed by atoms with Gasteiger partial charge in [0, 0.05) is 6.07 Å². The van der Waals surface area contributed by atoms with Crippen molar-refractivity contribution >= 4 is 23.2 Å². The number of hydrogen-bond acceptors (Lipinski definition) is 4. The van der Waals surface area contributed by atoms with E-state index in [2.05, 4.69) is 0 Å². The summed E-state index contributed by atoms with van der Waals surface area (Å²) in [6, 6.07) is 4.11. The molecule has 1 N–H and O–H groups in total. The summed E-state index contributed by atoms with van der Waals surface area (Å²) in [6.45, 7) is 2.28. The second-order valence-corrected chi connectivity index (χ2v) is 5.01. The summed E-state index contributed by atoms with van der Waals surface area (Å²) in [5, 5.41) is 20.5. The molecule has 1 aromatic carbocycles. The number of carbonyl (C=O) groups excluding carboxylic acids is 1. The van der Waals surface area contributed by atoms with Crippen molar-refractivity contribution in [2.24, 2.45) is 0 Å². The van der Waals surface area contributed by atoms with Gasteiger partial charge in [-0.2, -0.15) is 0 Å². The maximum atomic E-state index is 12.1. The highest BCUT2D eigenvalue weighted by molar-refractivity contribution is 6.35. The molecule has 1 saturated heterocycles. The summed E-state index contributed by atoms with van der Waals surface area (Å²) in [5.41, 5.74) is -1.05. The van der Waals surface area contributed by atoms with Crippen molar-refractivity contribution in [1.82, 2.24) is 4.90 Å². The molecule has 1 amide bonds. The molecule has 2 rings (SSSR count). The standard InChI is InChI=1S/C12H13ClN2O4/c1-2-12(17)6-14(7-12)11(16)8-4-3-5-9(10(8)13)15(18)19/h3-5,17H,2,6-7H2,1H3. The number of carbonyl (C=O) groups is 1.